The largest absolute Gasteiger partial charge is 0.488 e. The highest BCUT2D eigenvalue weighted by molar-refractivity contribution is 6.31. The van der Waals surface area contributed by atoms with Crippen LogP contribution in [0.3, 0.4) is 0 Å². The van der Waals surface area contributed by atoms with Crippen molar-refractivity contribution >= 4 is 17.6 Å². The second kappa shape index (κ2) is 6.19. The standard InChI is InChI=1S/C17H17ClO3/c1-10-4-5-11(2)16(12(10)3)21-9-14-7-6-13(17(19)20)8-15(14)18/h4-8H,9H2,1-3H3,(H,19,20). The molecule has 0 heterocycles. The molecule has 1 N–H and O–H groups in total. The van der Waals surface area contributed by atoms with Gasteiger partial charge in [-0.3, -0.25) is 0 Å². The van der Waals surface area contributed by atoms with Gasteiger partial charge in [0.2, 0.25) is 0 Å². The van der Waals surface area contributed by atoms with Gasteiger partial charge in [0.15, 0.2) is 0 Å². The molecule has 2 aromatic carbocycles. The summed E-state index contributed by atoms with van der Waals surface area (Å²) in [5.74, 6) is -0.136. The first-order valence-corrected chi connectivity index (χ1v) is 6.99. The lowest BCUT2D eigenvalue weighted by Gasteiger charge is -2.14. The van der Waals surface area contributed by atoms with Crippen molar-refractivity contribution in [2.24, 2.45) is 0 Å². The van der Waals surface area contributed by atoms with E-state index in [1.807, 2.05) is 26.8 Å². The molecule has 0 aliphatic rings. The van der Waals surface area contributed by atoms with Crippen molar-refractivity contribution in [1.82, 2.24) is 0 Å². The van der Waals surface area contributed by atoms with Crippen molar-refractivity contribution in [2.75, 3.05) is 0 Å². The third kappa shape index (κ3) is 3.37. The maximum atomic E-state index is 10.9. The minimum absolute atomic E-state index is 0.173. The molecular formula is C17H17ClO3. The number of rotatable bonds is 4. The Hall–Kier alpha value is -2.00. The molecule has 0 amide bonds. The molecule has 0 aromatic heterocycles. The van der Waals surface area contributed by atoms with Crippen LogP contribution in [0.25, 0.3) is 0 Å². The van der Waals surface area contributed by atoms with E-state index < -0.39 is 5.97 Å². The lowest BCUT2D eigenvalue weighted by Crippen LogP contribution is -2.02. The number of aromatic carboxylic acids is 1. The van der Waals surface area contributed by atoms with Crippen molar-refractivity contribution in [2.45, 2.75) is 27.4 Å². The van der Waals surface area contributed by atoms with E-state index in [-0.39, 0.29) is 5.56 Å². The van der Waals surface area contributed by atoms with E-state index in [9.17, 15) is 4.79 Å². The number of carboxylic acid groups (broad SMARTS) is 1. The molecule has 0 radical (unpaired) electrons. The fraction of sp³-hybridized carbons (Fsp3) is 0.235. The molecule has 2 rings (SSSR count). The number of halogens is 1. The smallest absolute Gasteiger partial charge is 0.335 e. The predicted molar refractivity (Wildman–Crippen MR) is 83.4 cm³/mol. The highest BCUT2D eigenvalue weighted by Crippen LogP contribution is 2.27. The van der Waals surface area contributed by atoms with Gasteiger partial charge in [-0.1, -0.05) is 29.8 Å². The Labute approximate surface area is 129 Å². The van der Waals surface area contributed by atoms with Crippen molar-refractivity contribution < 1.29 is 14.6 Å². The van der Waals surface area contributed by atoms with Gasteiger partial charge >= 0.3 is 5.97 Å². The summed E-state index contributed by atoms with van der Waals surface area (Å²) in [6, 6.07) is 8.74. The number of hydrogen-bond donors (Lipinski definition) is 1. The maximum Gasteiger partial charge on any atom is 0.335 e. The van der Waals surface area contributed by atoms with Crippen molar-refractivity contribution in [1.29, 1.82) is 0 Å². The van der Waals surface area contributed by atoms with E-state index >= 15 is 0 Å². The molecule has 0 bridgehead atoms. The molecular weight excluding hydrogens is 288 g/mol. The summed E-state index contributed by atoms with van der Waals surface area (Å²) in [6.45, 7) is 6.36. The summed E-state index contributed by atoms with van der Waals surface area (Å²) >= 11 is 6.11. The topological polar surface area (TPSA) is 46.5 Å². The van der Waals surface area contributed by atoms with E-state index in [1.54, 1.807) is 6.07 Å². The zero-order valence-electron chi connectivity index (χ0n) is 12.2. The van der Waals surface area contributed by atoms with Gasteiger partial charge in [-0.05, 0) is 49.6 Å². The van der Waals surface area contributed by atoms with E-state index in [0.29, 0.717) is 11.6 Å². The zero-order chi connectivity index (χ0) is 15.6. The first-order valence-electron chi connectivity index (χ1n) is 6.61. The Balaban J connectivity index is 2.21. The maximum absolute atomic E-state index is 10.9. The normalized spacial score (nSPS) is 10.5. The van der Waals surface area contributed by atoms with Gasteiger partial charge in [0.05, 0.1) is 5.56 Å². The summed E-state index contributed by atoms with van der Waals surface area (Å²) in [7, 11) is 0. The van der Waals surface area contributed by atoms with Crippen LogP contribution < -0.4 is 4.74 Å². The van der Waals surface area contributed by atoms with Crippen molar-refractivity contribution in [3.05, 3.63) is 63.2 Å². The van der Waals surface area contributed by atoms with Crippen LogP contribution in [0.4, 0.5) is 0 Å². The van der Waals surface area contributed by atoms with Crippen LogP contribution in [-0.4, -0.2) is 11.1 Å². The number of aryl methyl sites for hydroxylation is 2. The summed E-state index contributed by atoms with van der Waals surface area (Å²) in [4.78, 5) is 10.9. The molecule has 0 fully saturated rings. The van der Waals surface area contributed by atoms with Crippen molar-refractivity contribution in [3.63, 3.8) is 0 Å². The van der Waals surface area contributed by atoms with Crippen LogP contribution in [0.15, 0.2) is 30.3 Å². The van der Waals surface area contributed by atoms with Gasteiger partial charge in [-0.15, -0.1) is 0 Å². The highest BCUT2D eigenvalue weighted by atomic mass is 35.5. The lowest BCUT2D eigenvalue weighted by atomic mass is 10.1. The molecule has 0 spiro atoms. The molecule has 0 saturated heterocycles. The average Bonchev–Trinajstić information content (AvgIpc) is 2.44. The second-order valence-corrected chi connectivity index (χ2v) is 5.46. The van der Waals surface area contributed by atoms with Gasteiger partial charge in [0.25, 0.3) is 0 Å². The van der Waals surface area contributed by atoms with Gasteiger partial charge in [0, 0.05) is 10.6 Å². The predicted octanol–water partition coefficient (Wildman–Crippen LogP) is 4.54. The van der Waals surface area contributed by atoms with Crippen molar-refractivity contribution in [3.8, 4) is 5.75 Å². The molecule has 0 atom stereocenters. The van der Waals surface area contributed by atoms with Gasteiger partial charge < -0.3 is 9.84 Å². The third-order valence-corrected chi connectivity index (χ3v) is 3.90. The Morgan fingerprint density at radius 1 is 1.14 bits per heavy atom. The molecule has 110 valence electrons. The molecule has 2 aromatic rings. The Kier molecular flexibility index (Phi) is 4.53. The number of carbonyl (C=O) groups is 1. The molecule has 3 nitrogen and oxygen atoms in total. The summed E-state index contributed by atoms with van der Waals surface area (Å²) in [5.41, 5.74) is 4.28. The van der Waals surface area contributed by atoms with Crippen LogP contribution in [0.1, 0.15) is 32.6 Å². The fourth-order valence-electron chi connectivity index (χ4n) is 2.09. The van der Waals surface area contributed by atoms with Crippen LogP contribution in [0.2, 0.25) is 5.02 Å². The first kappa shape index (κ1) is 15.4. The monoisotopic (exact) mass is 304 g/mol. The Morgan fingerprint density at radius 3 is 2.43 bits per heavy atom. The molecule has 21 heavy (non-hydrogen) atoms. The number of carboxylic acids is 1. The first-order chi connectivity index (χ1) is 9.90. The van der Waals surface area contributed by atoms with E-state index in [1.165, 1.54) is 17.7 Å². The minimum Gasteiger partial charge on any atom is -0.488 e. The second-order valence-electron chi connectivity index (χ2n) is 5.05. The minimum atomic E-state index is -0.991. The van der Waals surface area contributed by atoms with E-state index in [4.69, 9.17) is 21.4 Å². The summed E-state index contributed by atoms with van der Waals surface area (Å²) < 4.78 is 5.88. The molecule has 0 aliphatic heterocycles. The number of hydrogen-bond acceptors (Lipinski definition) is 2. The molecule has 0 unspecified atom stereocenters. The fourth-order valence-corrected chi connectivity index (χ4v) is 2.33. The van der Waals surface area contributed by atoms with Gasteiger partial charge in [0.1, 0.15) is 12.4 Å². The average molecular weight is 305 g/mol. The molecule has 4 heteroatoms. The van der Waals surface area contributed by atoms with Crippen LogP contribution >= 0.6 is 11.6 Å². The van der Waals surface area contributed by atoms with Crippen LogP contribution in [-0.2, 0) is 6.61 Å². The Bertz CT molecular complexity index is 693. The Morgan fingerprint density at radius 2 is 1.81 bits per heavy atom. The number of benzene rings is 2. The van der Waals surface area contributed by atoms with E-state index in [0.717, 1.165) is 22.4 Å². The van der Waals surface area contributed by atoms with Crippen LogP contribution in [0, 0.1) is 20.8 Å². The third-order valence-electron chi connectivity index (χ3n) is 3.55. The number of ether oxygens (including phenoxy) is 1. The molecule has 0 saturated carbocycles. The summed E-state index contributed by atoms with van der Waals surface area (Å²) in [6.07, 6.45) is 0. The highest BCUT2D eigenvalue weighted by Gasteiger charge is 2.10. The van der Waals surface area contributed by atoms with Gasteiger partial charge in [-0.25, -0.2) is 4.79 Å². The molecule has 0 aliphatic carbocycles. The quantitative estimate of drug-likeness (QED) is 0.902. The summed E-state index contributed by atoms with van der Waals surface area (Å²) in [5, 5.41) is 9.32. The lowest BCUT2D eigenvalue weighted by molar-refractivity contribution is 0.0697. The van der Waals surface area contributed by atoms with Crippen LogP contribution in [0.5, 0.6) is 5.75 Å². The van der Waals surface area contributed by atoms with Gasteiger partial charge in [-0.2, -0.15) is 0 Å². The zero-order valence-corrected chi connectivity index (χ0v) is 13.0. The van der Waals surface area contributed by atoms with E-state index in [2.05, 4.69) is 6.07 Å². The SMILES string of the molecule is Cc1ccc(C)c(OCc2ccc(C(=O)O)cc2Cl)c1C.